The summed E-state index contributed by atoms with van der Waals surface area (Å²) in [4.78, 5) is 25.8. The van der Waals surface area contributed by atoms with Crippen LogP contribution in [0.3, 0.4) is 0 Å². The number of esters is 2. The van der Waals surface area contributed by atoms with Crippen LogP contribution in [-0.4, -0.2) is 117 Å². The number of aliphatic hydroxyl groups is 6. The van der Waals surface area contributed by atoms with Crippen LogP contribution in [0.2, 0.25) is 0 Å². The maximum Gasteiger partial charge on any atom is 0.306 e. The molecule has 2 fully saturated rings. The van der Waals surface area contributed by atoms with Crippen molar-refractivity contribution in [1.29, 1.82) is 0 Å². The molecule has 2 saturated heterocycles. The van der Waals surface area contributed by atoms with Gasteiger partial charge in [-0.15, -0.1) is 0 Å². The molecule has 0 unspecified atom stereocenters. The van der Waals surface area contributed by atoms with E-state index in [-0.39, 0.29) is 12.8 Å². The molecule has 2 aliphatic heterocycles. The van der Waals surface area contributed by atoms with Gasteiger partial charge >= 0.3 is 11.9 Å². The van der Waals surface area contributed by atoms with Crippen molar-refractivity contribution >= 4 is 11.9 Å². The largest absolute Gasteiger partial charge is 0.460 e. The maximum absolute atomic E-state index is 13.0. The first-order chi connectivity index (χ1) is 23.6. The first-order valence-electron chi connectivity index (χ1n) is 18.9. The van der Waals surface area contributed by atoms with Crippen LogP contribution in [0.4, 0.5) is 0 Å². The van der Waals surface area contributed by atoms with Crippen molar-refractivity contribution in [3.8, 4) is 0 Å². The Kier molecular flexibility index (Phi) is 22.1. The molecule has 6 N–H and O–H groups in total. The fraction of sp³-hybridized carbons (Fsp3) is 0.944. The normalized spacial score (nSPS) is 30.0. The monoisotopic (exact) mass is 706 g/mol. The van der Waals surface area contributed by atoms with Gasteiger partial charge in [-0.2, -0.15) is 0 Å². The van der Waals surface area contributed by atoms with Gasteiger partial charge in [-0.1, -0.05) is 117 Å². The number of aliphatic hydroxyl groups excluding tert-OH is 6. The van der Waals surface area contributed by atoms with Crippen molar-refractivity contribution in [1.82, 2.24) is 0 Å². The molecule has 288 valence electrons. The number of ether oxygens (including phenoxy) is 5. The second-order valence-electron chi connectivity index (χ2n) is 13.7. The topological polar surface area (TPSA) is 202 Å². The fourth-order valence-corrected chi connectivity index (χ4v) is 6.37. The van der Waals surface area contributed by atoms with Gasteiger partial charge in [0.15, 0.2) is 12.4 Å². The highest BCUT2D eigenvalue weighted by Crippen LogP contribution is 2.39. The maximum atomic E-state index is 13.0. The van der Waals surface area contributed by atoms with Crippen LogP contribution in [0, 0.1) is 0 Å². The molecule has 2 aliphatic rings. The molecule has 13 heteroatoms. The quantitative estimate of drug-likeness (QED) is 0.0536. The lowest BCUT2D eigenvalue weighted by atomic mass is 9.99. The first-order valence-corrected chi connectivity index (χ1v) is 18.9. The van der Waals surface area contributed by atoms with Crippen molar-refractivity contribution < 1.29 is 63.9 Å². The summed E-state index contributed by atoms with van der Waals surface area (Å²) in [6.45, 7) is 2.21. The molecule has 49 heavy (non-hydrogen) atoms. The minimum atomic E-state index is -2.26. The molecule has 9 atom stereocenters. The minimum absolute atomic E-state index is 0.0391. The van der Waals surface area contributed by atoms with Crippen LogP contribution < -0.4 is 0 Å². The fourth-order valence-electron chi connectivity index (χ4n) is 6.37. The van der Waals surface area contributed by atoms with E-state index in [1.807, 2.05) is 0 Å². The third-order valence-electron chi connectivity index (χ3n) is 9.48. The van der Waals surface area contributed by atoms with Crippen LogP contribution in [-0.2, 0) is 33.3 Å². The van der Waals surface area contributed by atoms with E-state index >= 15 is 0 Å². The Hall–Kier alpha value is -1.42. The predicted octanol–water partition coefficient (Wildman–Crippen LogP) is 3.55. The van der Waals surface area contributed by atoms with Gasteiger partial charge in [0, 0.05) is 12.8 Å². The molecule has 13 nitrogen and oxygen atoms in total. The van der Waals surface area contributed by atoms with Crippen LogP contribution in [0.25, 0.3) is 0 Å². The van der Waals surface area contributed by atoms with Gasteiger partial charge in [0.25, 0.3) is 0 Å². The van der Waals surface area contributed by atoms with Gasteiger partial charge in [0.1, 0.15) is 43.2 Å². The molecule has 0 radical (unpaired) electrons. The van der Waals surface area contributed by atoms with E-state index in [0.717, 1.165) is 51.4 Å². The molecule has 2 rings (SSSR count). The Balaban J connectivity index is 2.06. The van der Waals surface area contributed by atoms with Crippen molar-refractivity contribution in [2.75, 3.05) is 19.8 Å². The lowest BCUT2D eigenvalue weighted by Crippen LogP contribution is -2.63. The summed E-state index contributed by atoms with van der Waals surface area (Å²) >= 11 is 0. The highest BCUT2D eigenvalue weighted by molar-refractivity contribution is 5.70. The van der Waals surface area contributed by atoms with Crippen molar-refractivity contribution in [3.05, 3.63) is 0 Å². The Labute approximate surface area is 292 Å². The minimum Gasteiger partial charge on any atom is -0.460 e. The first kappa shape index (κ1) is 43.7. The van der Waals surface area contributed by atoms with Gasteiger partial charge in [-0.05, 0) is 12.8 Å². The Morgan fingerprint density at radius 2 is 1.06 bits per heavy atom. The molecule has 2 heterocycles. The average molecular weight is 707 g/mol. The van der Waals surface area contributed by atoms with E-state index in [9.17, 15) is 40.2 Å². The highest BCUT2D eigenvalue weighted by atomic mass is 16.8. The van der Waals surface area contributed by atoms with Gasteiger partial charge in [-0.25, -0.2) is 0 Å². The van der Waals surface area contributed by atoms with Gasteiger partial charge in [-0.3, -0.25) is 9.59 Å². The third-order valence-corrected chi connectivity index (χ3v) is 9.48. The van der Waals surface area contributed by atoms with Gasteiger partial charge in [0.2, 0.25) is 5.79 Å². The standard InChI is InChI=1S/C36H66O13/c1-3-5-7-9-11-13-15-17-19-21-28(39)45-25-36(49-35-33(44)32(43)30(41)26(23-37)46-35)34(31(42)27(24-38)48-36)47-29(40)22-20-18-16-14-12-10-8-6-4-2/h26-27,30-35,37-38,41-44H,3-25H2,1-2H3/t26-,27-,30-,31-,32+,33-,34+,35-,36+/m1/s1. The summed E-state index contributed by atoms with van der Waals surface area (Å²) in [5.41, 5.74) is 0. The van der Waals surface area contributed by atoms with E-state index in [1.54, 1.807) is 0 Å². The molecular formula is C36H66O13. The summed E-state index contributed by atoms with van der Waals surface area (Å²) in [6.07, 6.45) is 6.12. The van der Waals surface area contributed by atoms with Gasteiger partial charge < -0.3 is 54.3 Å². The van der Waals surface area contributed by atoms with Crippen molar-refractivity contribution in [3.63, 3.8) is 0 Å². The van der Waals surface area contributed by atoms with Crippen LogP contribution in [0.1, 0.15) is 142 Å². The summed E-state index contributed by atoms with van der Waals surface area (Å²) in [5, 5.41) is 62.0. The summed E-state index contributed by atoms with van der Waals surface area (Å²) in [6, 6.07) is 0. The predicted molar refractivity (Wildman–Crippen MR) is 180 cm³/mol. The zero-order valence-electron chi connectivity index (χ0n) is 29.9. The molecule has 0 bridgehead atoms. The Morgan fingerprint density at radius 3 is 1.55 bits per heavy atom. The third kappa shape index (κ3) is 15.0. The second kappa shape index (κ2) is 24.7. The average Bonchev–Trinajstić information content (AvgIpc) is 3.35. The van der Waals surface area contributed by atoms with Crippen LogP contribution in [0.15, 0.2) is 0 Å². The Bertz CT molecular complexity index is 889. The van der Waals surface area contributed by atoms with E-state index in [0.29, 0.717) is 12.8 Å². The summed E-state index contributed by atoms with van der Waals surface area (Å²) in [5.74, 6) is -3.52. The van der Waals surface area contributed by atoms with Crippen molar-refractivity contribution in [2.24, 2.45) is 0 Å². The number of hydrogen-bond donors (Lipinski definition) is 6. The second-order valence-corrected chi connectivity index (χ2v) is 13.7. The molecular weight excluding hydrogens is 640 g/mol. The van der Waals surface area contributed by atoms with Gasteiger partial charge in [0.05, 0.1) is 13.2 Å². The molecule has 0 amide bonds. The van der Waals surface area contributed by atoms with E-state index < -0.39 is 86.6 Å². The van der Waals surface area contributed by atoms with Crippen LogP contribution >= 0.6 is 0 Å². The SMILES string of the molecule is CCCCCCCCCCCC(=O)OC[C@@]1(O[C@H]2O[C@H](CO)[C@@H](O)[C@H](O)[C@H]2O)O[C@H](CO)[C@@H](O)[C@@H]1OC(=O)CCCCCCCCCCC. The molecule has 0 aliphatic carbocycles. The Morgan fingerprint density at radius 1 is 0.592 bits per heavy atom. The molecule has 0 aromatic rings. The molecule has 0 saturated carbocycles. The summed E-state index contributed by atoms with van der Waals surface area (Å²) < 4.78 is 28.5. The number of carbonyl (C=O) groups is 2. The molecule has 0 aromatic carbocycles. The number of carbonyl (C=O) groups excluding carboxylic acids is 2. The lowest BCUT2D eigenvalue weighted by molar-refractivity contribution is -0.384. The number of unbranched alkanes of at least 4 members (excludes halogenated alkanes) is 16. The summed E-state index contributed by atoms with van der Waals surface area (Å²) in [7, 11) is 0. The smallest absolute Gasteiger partial charge is 0.306 e. The molecule has 0 spiro atoms. The zero-order valence-corrected chi connectivity index (χ0v) is 29.9. The molecule has 0 aromatic heterocycles. The van der Waals surface area contributed by atoms with E-state index in [2.05, 4.69) is 13.8 Å². The number of rotatable bonds is 27. The van der Waals surface area contributed by atoms with E-state index in [1.165, 1.54) is 51.4 Å². The number of hydrogen-bond acceptors (Lipinski definition) is 13. The van der Waals surface area contributed by atoms with E-state index in [4.69, 9.17) is 23.7 Å². The highest BCUT2D eigenvalue weighted by Gasteiger charge is 2.61. The van der Waals surface area contributed by atoms with Crippen molar-refractivity contribution in [2.45, 2.75) is 197 Å². The zero-order chi connectivity index (χ0) is 36.1. The van der Waals surface area contributed by atoms with Crippen LogP contribution in [0.5, 0.6) is 0 Å². The lowest BCUT2D eigenvalue weighted by Gasteiger charge is -2.43.